The third kappa shape index (κ3) is 6.18. The lowest BCUT2D eigenvalue weighted by Gasteiger charge is -2.15. The van der Waals surface area contributed by atoms with Gasteiger partial charge in [-0.1, -0.05) is 19.6 Å². The van der Waals surface area contributed by atoms with E-state index in [2.05, 4.69) is 40.7 Å². The summed E-state index contributed by atoms with van der Waals surface area (Å²) in [6, 6.07) is 13.2. The van der Waals surface area contributed by atoms with Gasteiger partial charge in [-0.2, -0.15) is 9.78 Å². The highest BCUT2D eigenvalue weighted by molar-refractivity contribution is 9.10. The SMILES string of the molecule is COc1ccc(Oc2ccc(-n3ncc(=O)n(COCC[Si](C)(C)C)c3=O)cc2)cc1Br. The molecule has 10 heteroatoms. The molecule has 0 amide bonds. The third-order valence-electron chi connectivity index (χ3n) is 4.62. The Hall–Kier alpha value is -2.69. The molecule has 0 spiro atoms. The molecule has 0 atom stereocenters. The van der Waals surface area contributed by atoms with E-state index in [4.69, 9.17) is 14.2 Å². The van der Waals surface area contributed by atoms with Crippen LogP contribution in [0, 0.1) is 0 Å². The lowest BCUT2D eigenvalue weighted by Crippen LogP contribution is -2.40. The van der Waals surface area contributed by atoms with Crippen molar-refractivity contribution in [3.63, 3.8) is 0 Å². The van der Waals surface area contributed by atoms with Gasteiger partial charge in [0.15, 0.2) is 0 Å². The Kier molecular flexibility index (Phi) is 7.70. The second-order valence-corrected chi connectivity index (χ2v) is 14.8. The van der Waals surface area contributed by atoms with Crippen LogP contribution in [-0.4, -0.2) is 36.1 Å². The third-order valence-corrected chi connectivity index (χ3v) is 6.94. The fourth-order valence-electron chi connectivity index (χ4n) is 2.77. The quantitative estimate of drug-likeness (QED) is 0.310. The fourth-order valence-corrected chi connectivity index (χ4v) is 4.04. The summed E-state index contributed by atoms with van der Waals surface area (Å²) in [5.41, 5.74) is -0.545. The molecule has 3 aromatic rings. The molecule has 170 valence electrons. The minimum atomic E-state index is -1.26. The number of ether oxygens (including phenoxy) is 3. The van der Waals surface area contributed by atoms with Crippen LogP contribution >= 0.6 is 15.9 Å². The molecule has 0 aliphatic carbocycles. The van der Waals surface area contributed by atoms with Gasteiger partial charge in [-0.25, -0.2) is 9.36 Å². The van der Waals surface area contributed by atoms with Crippen LogP contribution in [0.5, 0.6) is 17.2 Å². The van der Waals surface area contributed by atoms with Crippen molar-refractivity contribution in [2.45, 2.75) is 32.4 Å². The molecule has 1 aromatic heterocycles. The van der Waals surface area contributed by atoms with Gasteiger partial charge in [0.05, 0.1) is 17.3 Å². The minimum absolute atomic E-state index is 0.0990. The van der Waals surface area contributed by atoms with Crippen LogP contribution in [0.25, 0.3) is 5.69 Å². The van der Waals surface area contributed by atoms with E-state index in [-0.39, 0.29) is 6.73 Å². The summed E-state index contributed by atoms with van der Waals surface area (Å²) < 4.78 is 19.6. The van der Waals surface area contributed by atoms with Gasteiger partial charge < -0.3 is 14.2 Å². The lowest BCUT2D eigenvalue weighted by atomic mass is 10.3. The van der Waals surface area contributed by atoms with Crippen LogP contribution in [0.15, 0.2) is 62.7 Å². The van der Waals surface area contributed by atoms with E-state index in [1.54, 1.807) is 49.6 Å². The highest BCUT2D eigenvalue weighted by atomic mass is 79.9. The second-order valence-electron chi connectivity index (χ2n) is 8.35. The topological polar surface area (TPSA) is 84.6 Å². The van der Waals surface area contributed by atoms with Crippen LogP contribution in [0.3, 0.4) is 0 Å². The number of hydrogen-bond donors (Lipinski definition) is 0. The molecule has 0 unspecified atom stereocenters. The summed E-state index contributed by atoms with van der Waals surface area (Å²) in [6.07, 6.45) is 1.11. The molecule has 0 bridgehead atoms. The molecular formula is C22H26BrN3O5Si. The summed E-state index contributed by atoms with van der Waals surface area (Å²) >= 11 is 3.43. The first-order valence-corrected chi connectivity index (χ1v) is 14.6. The Morgan fingerprint density at radius 2 is 1.72 bits per heavy atom. The Bertz CT molecular complexity index is 1190. The van der Waals surface area contributed by atoms with Crippen molar-refractivity contribution in [1.82, 2.24) is 14.3 Å². The van der Waals surface area contributed by atoms with Gasteiger partial charge in [0.2, 0.25) is 0 Å². The lowest BCUT2D eigenvalue weighted by molar-refractivity contribution is 0.0803. The molecule has 0 saturated heterocycles. The van der Waals surface area contributed by atoms with Crippen molar-refractivity contribution >= 4 is 24.0 Å². The van der Waals surface area contributed by atoms with Gasteiger partial charge in [0, 0.05) is 14.7 Å². The fraction of sp³-hybridized carbons (Fsp3) is 0.318. The minimum Gasteiger partial charge on any atom is -0.496 e. The van der Waals surface area contributed by atoms with E-state index in [9.17, 15) is 9.59 Å². The molecule has 0 aliphatic heterocycles. The van der Waals surface area contributed by atoms with Crippen molar-refractivity contribution < 1.29 is 14.2 Å². The molecule has 2 aromatic carbocycles. The van der Waals surface area contributed by atoms with Crippen LogP contribution in [-0.2, 0) is 11.5 Å². The number of rotatable bonds is 9. The van der Waals surface area contributed by atoms with Gasteiger partial charge in [-0.05, 0) is 64.4 Å². The molecule has 0 saturated carbocycles. The first-order chi connectivity index (χ1) is 15.2. The predicted molar refractivity (Wildman–Crippen MR) is 129 cm³/mol. The number of hydrogen-bond acceptors (Lipinski definition) is 6. The van der Waals surface area contributed by atoms with Crippen LogP contribution in [0.1, 0.15) is 0 Å². The monoisotopic (exact) mass is 519 g/mol. The van der Waals surface area contributed by atoms with Gasteiger partial charge in [0.1, 0.15) is 30.2 Å². The average molecular weight is 520 g/mol. The smallest absolute Gasteiger partial charge is 0.354 e. The van der Waals surface area contributed by atoms with Gasteiger partial charge in [-0.3, -0.25) is 4.79 Å². The maximum Gasteiger partial charge on any atom is 0.354 e. The maximum absolute atomic E-state index is 12.8. The van der Waals surface area contributed by atoms with Crippen molar-refractivity contribution in [3.05, 3.63) is 74.0 Å². The van der Waals surface area contributed by atoms with E-state index < -0.39 is 19.3 Å². The Balaban J connectivity index is 1.75. The van der Waals surface area contributed by atoms with E-state index in [0.717, 1.165) is 26.0 Å². The summed E-state index contributed by atoms with van der Waals surface area (Å²) in [6.45, 7) is 7.13. The van der Waals surface area contributed by atoms with Crippen LogP contribution in [0.2, 0.25) is 25.7 Å². The van der Waals surface area contributed by atoms with Gasteiger partial charge in [-0.15, -0.1) is 0 Å². The van der Waals surface area contributed by atoms with Crippen molar-refractivity contribution in [3.8, 4) is 22.9 Å². The van der Waals surface area contributed by atoms with E-state index >= 15 is 0 Å². The number of benzene rings is 2. The maximum atomic E-state index is 12.8. The number of halogens is 1. The van der Waals surface area contributed by atoms with E-state index in [1.807, 2.05) is 0 Å². The van der Waals surface area contributed by atoms with Gasteiger partial charge in [0.25, 0.3) is 5.56 Å². The summed E-state index contributed by atoms with van der Waals surface area (Å²) in [5, 5.41) is 3.98. The molecule has 0 N–H and O–H groups in total. The molecule has 3 rings (SSSR count). The predicted octanol–water partition coefficient (Wildman–Crippen LogP) is 4.27. The summed E-state index contributed by atoms with van der Waals surface area (Å²) in [5.74, 6) is 1.92. The standard InChI is InChI=1S/C22H26BrN3O5Si/c1-29-20-10-9-18(13-19(20)23)31-17-7-5-16(6-8-17)26-22(28)25(21(27)14-24-26)15-30-11-12-32(2,3)4/h5-10,13-14H,11-12,15H2,1-4H3. The normalized spacial score (nSPS) is 11.4. The highest BCUT2D eigenvalue weighted by Gasteiger charge is 2.13. The first-order valence-electron chi connectivity index (χ1n) is 10.1. The highest BCUT2D eigenvalue weighted by Crippen LogP contribution is 2.31. The molecule has 0 radical (unpaired) electrons. The van der Waals surface area contributed by atoms with Gasteiger partial charge >= 0.3 is 5.69 Å². The van der Waals surface area contributed by atoms with Crippen molar-refractivity contribution in [1.29, 1.82) is 0 Å². The summed E-state index contributed by atoms with van der Waals surface area (Å²) in [4.78, 5) is 24.9. The molecule has 0 fully saturated rings. The zero-order valence-corrected chi connectivity index (χ0v) is 21.1. The molecule has 8 nitrogen and oxygen atoms in total. The molecule has 0 aliphatic rings. The summed E-state index contributed by atoms with van der Waals surface area (Å²) in [7, 11) is 0.339. The molecule has 1 heterocycles. The van der Waals surface area contributed by atoms with Crippen LogP contribution < -0.4 is 20.7 Å². The second kappa shape index (κ2) is 10.3. The number of aromatic nitrogens is 3. The molecular weight excluding hydrogens is 494 g/mol. The number of nitrogens with zero attached hydrogens (tertiary/aromatic N) is 3. The van der Waals surface area contributed by atoms with E-state index in [1.165, 1.54) is 0 Å². The zero-order valence-electron chi connectivity index (χ0n) is 18.5. The average Bonchev–Trinajstić information content (AvgIpc) is 2.73. The largest absolute Gasteiger partial charge is 0.496 e. The Morgan fingerprint density at radius 1 is 1.03 bits per heavy atom. The van der Waals surface area contributed by atoms with Crippen molar-refractivity contribution in [2.24, 2.45) is 0 Å². The molecule has 32 heavy (non-hydrogen) atoms. The van der Waals surface area contributed by atoms with Crippen LogP contribution in [0.4, 0.5) is 0 Å². The Labute approximate surface area is 195 Å². The Morgan fingerprint density at radius 3 is 2.34 bits per heavy atom. The first kappa shape index (κ1) is 24.0. The number of methoxy groups -OCH3 is 1. The van der Waals surface area contributed by atoms with Crippen molar-refractivity contribution in [2.75, 3.05) is 13.7 Å². The van der Waals surface area contributed by atoms with E-state index in [0.29, 0.717) is 29.5 Å². The zero-order chi connectivity index (χ0) is 23.3.